The average molecular weight is 521 g/mol. The maximum Gasteiger partial charge on any atom is 0.338 e. The monoisotopic (exact) mass is 520 g/mol. The predicted molar refractivity (Wildman–Crippen MR) is 156 cm³/mol. The number of hydrogen-bond acceptors (Lipinski definition) is 5. The van der Waals surface area contributed by atoms with Crippen LogP contribution >= 0.6 is 11.8 Å². The van der Waals surface area contributed by atoms with Crippen molar-refractivity contribution < 1.29 is 9.53 Å². The van der Waals surface area contributed by atoms with Crippen molar-refractivity contribution >= 4 is 34.3 Å². The maximum atomic E-state index is 13.6. The Morgan fingerprint density at radius 3 is 2.24 bits per heavy atom. The van der Waals surface area contributed by atoms with E-state index < -0.39 is 0 Å². The van der Waals surface area contributed by atoms with Crippen molar-refractivity contribution in [3.05, 3.63) is 118 Å². The van der Waals surface area contributed by atoms with Crippen LogP contribution in [0.15, 0.2) is 101 Å². The largest absolute Gasteiger partial charge is 0.463 e. The van der Waals surface area contributed by atoms with Crippen LogP contribution in [-0.2, 0) is 9.53 Å². The third kappa shape index (κ3) is 4.71. The van der Waals surface area contributed by atoms with Gasteiger partial charge in [-0.25, -0.2) is 9.79 Å². The first kappa shape index (κ1) is 24.7. The summed E-state index contributed by atoms with van der Waals surface area (Å²) in [5.41, 5.74) is 6.82. The highest BCUT2D eigenvalue weighted by atomic mass is 32.2. The molecule has 192 valence electrons. The van der Waals surface area contributed by atoms with E-state index in [0.29, 0.717) is 23.8 Å². The molecular formula is C33H32N2O2S. The zero-order chi connectivity index (χ0) is 25.9. The smallest absolute Gasteiger partial charge is 0.338 e. The molecule has 5 heteroatoms. The Bertz CT molecular complexity index is 1390. The molecule has 0 saturated heterocycles. The van der Waals surface area contributed by atoms with Crippen LogP contribution in [0.1, 0.15) is 73.2 Å². The van der Waals surface area contributed by atoms with Crippen molar-refractivity contribution in [2.24, 2.45) is 4.99 Å². The molecule has 0 aromatic heterocycles. The highest BCUT2D eigenvalue weighted by Gasteiger charge is 2.42. The number of thioether (sulfide) groups is 1. The molecule has 2 heterocycles. The summed E-state index contributed by atoms with van der Waals surface area (Å²) in [6, 6.07) is 28.9. The van der Waals surface area contributed by atoms with E-state index in [0.717, 1.165) is 27.6 Å². The van der Waals surface area contributed by atoms with Crippen molar-refractivity contribution in [1.29, 1.82) is 0 Å². The molecule has 0 amide bonds. The van der Waals surface area contributed by atoms with Gasteiger partial charge in [-0.15, -0.1) is 0 Å². The lowest BCUT2D eigenvalue weighted by Crippen LogP contribution is -2.36. The maximum absolute atomic E-state index is 13.6. The van der Waals surface area contributed by atoms with Gasteiger partial charge in [-0.3, -0.25) is 0 Å². The Morgan fingerprint density at radius 1 is 0.868 bits per heavy atom. The summed E-state index contributed by atoms with van der Waals surface area (Å²) >= 11 is 1.61. The van der Waals surface area contributed by atoms with Gasteiger partial charge < -0.3 is 9.64 Å². The zero-order valence-corrected chi connectivity index (χ0v) is 22.5. The molecule has 0 unspecified atom stereocenters. The SMILES string of the molecule is CCOC(=O)C1=C(c2ccccc2)N=C2SC=C(c3ccc(C4CCCCC4)cc3)N2[C@@H]1c1ccccc1. The summed E-state index contributed by atoms with van der Waals surface area (Å²) in [7, 11) is 0. The fraction of sp³-hybridized carbons (Fsp3) is 0.273. The molecule has 0 bridgehead atoms. The fourth-order valence-electron chi connectivity index (χ4n) is 5.82. The first-order valence-corrected chi connectivity index (χ1v) is 14.5. The average Bonchev–Trinajstić information content (AvgIpc) is 3.41. The van der Waals surface area contributed by atoms with Crippen LogP contribution in [-0.4, -0.2) is 22.6 Å². The fourth-order valence-corrected chi connectivity index (χ4v) is 6.75. The summed E-state index contributed by atoms with van der Waals surface area (Å²) in [5.74, 6) is 0.340. The molecule has 1 atom stereocenters. The van der Waals surface area contributed by atoms with Gasteiger partial charge >= 0.3 is 5.97 Å². The first-order chi connectivity index (χ1) is 18.7. The van der Waals surface area contributed by atoms with E-state index in [1.807, 2.05) is 55.5 Å². The molecular weight excluding hydrogens is 488 g/mol. The van der Waals surface area contributed by atoms with Gasteiger partial charge in [0, 0.05) is 11.0 Å². The summed E-state index contributed by atoms with van der Waals surface area (Å²) in [5, 5.41) is 3.04. The van der Waals surface area contributed by atoms with Crippen LogP contribution in [0, 0.1) is 0 Å². The second-order valence-electron chi connectivity index (χ2n) is 10.0. The van der Waals surface area contributed by atoms with Crippen LogP contribution in [0.25, 0.3) is 11.4 Å². The molecule has 6 rings (SSSR count). The molecule has 0 N–H and O–H groups in total. The Balaban J connectivity index is 1.44. The van der Waals surface area contributed by atoms with Crippen LogP contribution in [0.4, 0.5) is 0 Å². The Hall–Kier alpha value is -3.57. The Labute approximate surface area is 229 Å². The molecule has 0 radical (unpaired) electrons. The van der Waals surface area contributed by atoms with Gasteiger partial charge in [-0.05, 0) is 42.4 Å². The zero-order valence-electron chi connectivity index (χ0n) is 21.7. The number of nitrogens with zero attached hydrogens (tertiary/aromatic N) is 2. The van der Waals surface area contributed by atoms with E-state index in [4.69, 9.17) is 9.73 Å². The molecule has 2 aliphatic heterocycles. The third-order valence-corrected chi connectivity index (χ3v) is 8.52. The van der Waals surface area contributed by atoms with Gasteiger partial charge in [0.2, 0.25) is 0 Å². The van der Waals surface area contributed by atoms with Crippen LogP contribution < -0.4 is 0 Å². The normalized spacial score (nSPS) is 19.6. The van der Waals surface area contributed by atoms with Gasteiger partial charge in [0.1, 0.15) is 0 Å². The number of hydrogen-bond donors (Lipinski definition) is 0. The molecule has 1 aliphatic carbocycles. The lowest BCUT2D eigenvalue weighted by Gasteiger charge is -2.37. The number of rotatable bonds is 6. The van der Waals surface area contributed by atoms with Gasteiger partial charge in [-0.2, -0.15) is 0 Å². The lowest BCUT2D eigenvalue weighted by atomic mass is 9.84. The van der Waals surface area contributed by atoms with Crippen molar-refractivity contribution in [2.45, 2.75) is 51.0 Å². The minimum Gasteiger partial charge on any atom is -0.463 e. The number of amidine groups is 1. The van der Waals surface area contributed by atoms with Crippen molar-refractivity contribution in [3.63, 3.8) is 0 Å². The third-order valence-electron chi connectivity index (χ3n) is 7.68. The lowest BCUT2D eigenvalue weighted by molar-refractivity contribution is -0.139. The summed E-state index contributed by atoms with van der Waals surface area (Å²) in [6.07, 6.45) is 6.58. The number of carbonyl (C=O) groups is 1. The molecule has 3 aliphatic rings. The summed E-state index contributed by atoms with van der Waals surface area (Å²) < 4.78 is 5.64. The van der Waals surface area contributed by atoms with Crippen molar-refractivity contribution in [3.8, 4) is 0 Å². The Kier molecular flexibility index (Phi) is 7.19. The number of esters is 1. The van der Waals surface area contributed by atoms with E-state index in [2.05, 4.69) is 46.7 Å². The van der Waals surface area contributed by atoms with Crippen LogP contribution in [0.5, 0.6) is 0 Å². The van der Waals surface area contributed by atoms with Crippen molar-refractivity contribution in [1.82, 2.24) is 4.90 Å². The predicted octanol–water partition coefficient (Wildman–Crippen LogP) is 8.17. The van der Waals surface area contributed by atoms with E-state index in [-0.39, 0.29) is 12.0 Å². The second-order valence-corrected chi connectivity index (χ2v) is 10.8. The number of ether oxygens (including phenoxy) is 1. The van der Waals surface area contributed by atoms with E-state index in [1.54, 1.807) is 11.8 Å². The minimum atomic E-state index is -0.350. The first-order valence-electron chi connectivity index (χ1n) is 13.6. The molecule has 4 nitrogen and oxygen atoms in total. The number of benzene rings is 3. The van der Waals surface area contributed by atoms with E-state index >= 15 is 0 Å². The quantitative estimate of drug-likeness (QED) is 0.308. The van der Waals surface area contributed by atoms with Gasteiger partial charge in [0.15, 0.2) is 5.17 Å². The van der Waals surface area contributed by atoms with Gasteiger partial charge in [-0.1, -0.05) is 116 Å². The Morgan fingerprint density at radius 2 is 1.55 bits per heavy atom. The molecule has 1 fully saturated rings. The molecule has 3 aromatic rings. The number of carbonyl (C=O) groups excluding carboxylic acids is 1. The van der Waals surface area contributed by atoms with Crippen LogP contribution in [0.2, 0.25) is 0 Å². The van der Waals surface area contributed by atoms with E-state index in [1.165, 1.54) is 37.7 Å². The highest BCUT2D eigenvalue weighted by Crippen LogP contribution is 2.49. The van der Waals surface area contributed by atoms with Gasteiger partial charge in [0.25, 0.3) is 0 Å². The molecule has 1 saturated carbocycles. The summed E-state index contributed by atoms with van der Waals surface area (Å²) in [6.45, 7) is 2.16. The minimum absolute atomic E-state index is 0.308. The standard InChI is InChI=1S/C33H32N2O2S/c1-2-37-32(36)29-30(26-14-8-4-9-15-26)34-33-35(31(29)27-16-10-5-11-17-27)28(22-38-33)25-20-18-24(19-21-25)23-12-6-3-7-13-23/h4-5,8-11,14-23,31H,2-3,6-7,12-13H2,1H3/t31-/m1/s1. The number of aliphatic imine (C=N–C) groups is 1. The molecule has 0 spiro atoms. The summed E-state index contributed by atoms with van der Waals surface area (Å²) in [4.78, 5) is 20.9. The van der Waals surface area contributed by atoms with Crippen molar-refractivity contribution in [2.75, 3.05) is 6.61 Å². The second kappa shape index (κ2) is 11.0. The molecule has 3 aromatic carbocycles. The number of fused-ring (bicyclic) bond motifs is 1. The topological polar surface area (TPSA) is 41.9 Å². The van der Waals surface area contributed by atoms with E-state index in [9.17, 15) is 4.79 Å². The van der Waals surface area contributed by atoms with Crippen LogP contribution in [0.3, 0.4) is 0 Å². The van der Waals surface area contributed by atoms with Gasteiger partial charge in [0.05, 0.1) is 29.6 Å². The molecule has 38 heavy (non-hydrogen) atoms. The highest BCUT2D eigenvalue weighted by molar-refractivity contribution is 8.16.